The largest absolute Gasteiger partial charge is 0.386 e. The Kier molecular flexibility index (Phi) is 4.35. The summed E-state index contributed by atoms with van der Waals surface area (Å²) < 4.78 is 1.49. The number of anilines is 1. The third-order valence-electron chi connectivity index (χ3n) is 4.75. The number of piperidine rings is 1. The van der Waals surface area contributed by atoms with Gasteiger partial charge in [0.1, 0.15) is 12.0 Å². The lowest BCUT2D eigenvalue weighted by molar-refractivity contribution is -0.110. The van der Waals surface area contributed by atoms with Crippen molar-refractivity contribution in [2.45, 2.75) is 24.9 Å². The molecule has 1 spiro atoms. The second-order valence-corrected chi connectivity index (χ2v) is 6.88. The van der Waals surface area contributed by atoms with Crippen LogP contribution in [0.15, 0.2) is 41.8 Å². The molecule has 1 N–H and O–H groups in total. The molecular formula is C18H20N6O3. The van der Waals surface area contributed by atoms with Gasteiger partial charge in [0.2, 0.25) is 5.82 Å². The number of benzene rings is 1. The summed E-state index contributed by atoms with van der Waals surface area (Å²) in [5.74, 6) is -0.358. The molecule has 9 heteroatoms. The highest BCUT2D eigenvalue weighted by Crippen LogP contribution is 2.34. The van der Waals surface area contributed by atoms with Gasteiger partial charge in [-0.2, -0.15) is 0 Å². The summed E-state index contributed by atoms with van der Waals surface area (Å²) in [6.45, 7) is 0.962. The van der Waals surface area contributed by atoms with E-state index in [2.05, 4.69) is 20.6 Å². The summed E-state index contributed by atoms with van der Waals surface area (Å²) in [7, 11) is 1.72. The number of hydrogen-bond donors (Lipinski definition) is 1. The third-order valence-corrected chi connectivity index (χ3v) is 4.75. The monoisotopic (exact) mass is 368 g/mol. The second kappa shape index (κ2) is 6.82. The summed E-state index contributed by atoms with van der Waals surface area (Å²) in [6, 6.07) is 9.20. The number of carbonyl (C=O) groups excluding carboxylic acids is 2. The van der Waals surface area contributed by atoms with Gasteiger partial charge >= 0.3 is 0 Å². The second-order valence-electron chi connectivity index (χ2n) is 6.88. The predicted octanol–water partition coefficient (Wildman–Crippen LogP) is 1.20. The van der Waals surface area contributed by atoms with Crippen LogP contribution in [-0.4, -0.2) is 55.9 Å². The Morgan fingerprint density at radius 1 is 1.26 bits per heavy atom. The van der Waals surface area contributed by atoms with E-state index in [1.165, 1.54) is 11.0 Å². The molecule has 0 saturated carbocycles. The number of para-hydroxylation sites is 1. The molecule has 4 rings (SSSR count). The van der Waals surface area contributed by atoms with E-state index in [0.717, 1.165) is 12.8 Å². The molecule has 1 unspecified atom stereocenters. The van der Waals surface area contributed by atoms with Crippen molar-refractivity contribution in [2.75, 3.05) is 18.4 Å². The van der Waals surface area contributed by atoms with E-state index in [9.17, 15) is 9.59 Å². The lowest BCUT2D eigenvalue weighted by Gasteiger charge is -2.37. The van der Waals surface area contributed by atoms with Gasteiger partial charge < -0.3 is 15.1 Å². The number of oxime groups is 1. The smallest absolute Gasteiger partial charge is 0.293 e. The molecule has 1 aromatic heterocycles. The number of amides is 2. The average molecular weight is 368 g/mol. The Bertz CT molecular complexity index is 894. The minimum atomic E-state index is -0.661. The van der Waals surface area contributed by atoms with Crippen molar-refractivity contribution < 1.29 is 14.4 Å². The van der Waals surface area contributed by atoms with Crippen LogP contribution in [0.2, 0.25) is 0 Å². The number of carbonyl (C=O) groups is 2. The maximum Gasteiger partial charge on any atom is 0.293 e. The first-order valence-electron chi connectivity index (χ1n) is 8.81. The first-order valence-corrected chi connectivity index (χ1v) is 8.81. The van der Waals surface area contributed by atoms with Crippen LogP contribution < -0.4 is 5.32 Å². The maximum atomic E-state index is 12.6. The zero-order chi connectivity index (χ0) is 18.9. The summed E-state index contributed by atoms with van der Waals surface area (Å²) in [4.78, 5) is 36.4. The SMILES string of the molecule is Cn1cnc(C(=O)N2CCCC3(CC(C(=O)Nc4ccccc4)=NO3)C2)n1. The molecule has 1 saturated heterocycles. The van der Waals surface area contributed by atoms with Gasteiger partial charge in [0.15, 0.2) is 5.60 Å². The quantitative estimate of drug-likeness (QED) is 0.877. The third kappa shape index (κ3) is 3.53. The van der Waals surface area contributed by atoms with Crippen molar-refractivity contribution in [3.05, 3.63) is 42.5 Å². The molecule has 1 fully saturated rings. The number of likely N-dealkylation sites (tertiary alicyclic amines) is 1. The normalized spacial score (nSPS) is 21.7. The molecule has 2 aliphatic rings. The van der Waals surface area contributed by atoms with Gasteiger partial charge in [-0.25, -0.2) is 4.98 Å². The van der Waals surface area contributed by atoms with E-state index in [-0.39, 0.29) is 17.6 Å². The number of nitrogens with zero attached hydrogens (tertiary/aromatic N) is 5. The van der Waals surface area contributed by atoms with Crippen LogP contribution in [-0.2, 0) is 16.7 Å². The Morgan fingerprint density at radius 2 is 2.07 bits per heavy atom. The molecule has 0 radical (unpaired) electrons. The van der Waals surface area contributed by atoms with Crippen LogP contribution in [0, 0.1) is 0 Å². The minimum Gasteiger partial charge on any atom is -0.386 e. The summed E-state index contributed by atoms with van der Waals surface area (Å²) in [5, 5.41) is 10.9. The van der Waals surface area contributed by atoms with E-state index in [0.29, 0.717) is 30.9 Å². The molecule has 2 aliphatic heterocycles. The number of nitrogens with one attached hydrogen (secondary N) is 1. The van der Waals surface area contributed by atoms with E-state index >= 15 is 0 Å². The highest BCUT2D eigenvalue weighted by atomic mass is 16.7. The van der Waals surface area contributed by atoms with E-state index in [1.807, 2.05) is 30.3 Å². The fraction of sp³-hybridized carbons (Fsp3) is 0.389. The molecule has 27 heavy (non-hydrogen) atoms. The lowest BCUT2D eigenvalue weighted by Crippen LogP contribution is -2.51. The number of rotatable bonds is 3. The van der Waals surface area contributed by atoms with Gasteiger partial charge in [0.25, 0.3) is 11.8 Å². The molecule has 140 valence electrons. The van der Waals surface area contributed by atoms with Gasteiger partial charge in [0.05, 0.1) is 6.54 Å². The lowest BCUT2D eigenvalue weighted by atomic mass is 9.88. The molecule has 0 bridgehead atoms. The van der Waals surface area contributed by atoms with Crippen molar-refractivity contribution in [3.63, 3.8) is 0 Å². The van der Waals surface area contributed by atoms with Crippen LogP contribution in [0.25, 0.3) is 0 Å². The van der Waals surface area contributed by atoms with Gasteiger partial charge in [-0.15, -0.1) is 5.10 Å². The predicted molar refractivity (Wildman–Crippen MR) is 97.1 cm³/mol. The van der Waals surface area contributed by atoms with Crippen molar-refractivity contribution in [3.8, 4) is 0 Å². The van der Waals surface area contributed by atoms with Crippen LogP contribution in [0.3, 0.4) is 0 Å². The Hall–Kier alpha value is -3.23. The van der Waals surface area contributed by atoms with Gasteiger partial charge in [0, 0.05) is 25.7 Å². The van der Waals surface area contributed by atoms with Gasteiger partial charge in [-0.1, -0.05) is 23.4 Å². The van der Waals surface area contributed by atoms with E-state index < -0.39 is 5.60 Å². The number of hydrogen-bond acceptors (Lipinski definition) is 6. The highest BCUT2D eigenvalue weighted by molar-refractivity contribution is 6.43. The number of aromatic nitrogens is 3. The Morgan fingerprint density at radius 3 is 2.81 bits per heavy atom. The van der Waals surface area contributed by atoms with Gasteiger partial charge in [-0.3, -0.25) is 14.3 Å². The first-order chi connectivity index (χ1) is 13.0. The average Bonchev–Trinajstić information content (AvgIpc) is 3.29. The minimum absolute atomic E-state index is 0.163. The summed E-state index contributed by atoms with van der Waals surface area (Å²) in [5.41, 5.74) is 0.378. The van der Waals surface area contributed by atoms with Gasteiger partial charge in [-0.05, 0) is 25.0 Å². The van der Waals surface area contributed by atoms with Crippen molar-refractivity contribution in [2.24, 2.45) is 12.2 Å². The Balaban J connectivity index is 1.41. The zero-order valence-electron chi connectivity index (χ0n) is 15.0. The van der Waals surface area contributed by atoms with Crippen LogP contribution in [0.1, 0.15) is 29.9 Å². The molecule has 1 atom stereocenters. The first kappa shape index (κ1) is 17.2. The molecule has 2 amide bonds. The topological polar surface area (TPSA) is 102 Å². The van der Waals surface area contributed by atoms with Crippen molar-refractivity contribution in [1.29, 1.82) is 0 Å². The van der Waals surface area contributed by atoms with Crippen LogP contribution in [0.4, 0.5) is 5.69 Å². The summed E-state index contributed by atoms with van der Waals surface area (Å²) >= 11 is 0. The summed E-state index contributed by atoms with van der Waals surface area (Å²) in [6.07, 6.45) is 3.36. The van der Waals surface area contributed by atoms with Crippen LogP contribution in [0.5, 0.6) is 0 Å². The Labute approximate surface area is 156 Å². The zero-order valence-corrected chi connectivity index (χ0v) is 15.0. The van der Waals surface area contributed by atoms with Crippen molar-refractivity contribution >= 4 is 23.2 Å². The van der Waals surface area contributed by atoms with Crippen molar-refractivity contribution in [1.82, 2.24) is 19.7 Å². The number of aryl methyl sites for hydroxylation is 1. The molecule has 9 nitrogen and oxygen atoms in total. The fourth-order valence-corrected chi connectivity index (χ4v) is 3.44. The molecule has 2 aromatic rings. The van der Waals surface area contributed by atoms with Crippen LogP contribution >= 0.6 is 0 Å². The van der Waals surface area contributed by atoms with E-state index in [4.69, 9.17) is 4.84 Å². The molecule has 3 heterocycles. The fourth-order valence-electron chi connectivity index (χ4n) is 3.44. The molecule has 1 aromatic carbocycles. The standard InChI is InChI=1S/C18H20N6O3/c1-23-12-19-15(21-23)17(26)24-9-5-8-18(11-24)10-14(22-27-18)16(25)20-13-6-3-2-4-7-13/h2-4,6-7,12H,5,8-11H2,1H3,(H,20,25). The molecular weight excluding hydrogens is 348 g/mol. The maximum absolute atomic E-state index is 12.6. The highest BCUT2D eigenvalue weighted by Gasteiger charge is 2.46. The molecule has 0 aliphatic carbocycles. The van der Waals surface area contributed by atoms with E-state index in [1.54, 1.807) is 11.9 Å².